The third kappa shape index (κ3) is 4.30. The minimum atomic E-state index is -3.27. The molecule has 1 N–H and O–H groups in total. The van der Waals surface area contributed by atoms with Gasteiger partial charge in [-0.2, -0.15) is 0 Å². The Morgan fingerprint density at radius 3 is 2.33 bits per heavy atom. The van der Waals surface area contributed by atoms with Crippen LogP contribution in [0.25, 0.3) is 0 Å². The molecule has 5 heteroatoms. The summed E-state index contributed by atoms with van der Waals surface area (Å²) in [5, 5.41) is 3.09. The Labute approximate surface area is 136 Å². The lowest BCUT2D eigenvalue weighted by atomic mass is 9.96. The van der Waals surface area contributed by atoms with Crippen molar-refractivity contribution in [2.75, 3.05) is 6.54 Å². The van der Waals surface area contributed by atoms with Crippen molar-refractivity contribution < 1.29 is 8.42 Å². The van der Waals surface area contributed by atoms with Crippen LogP contribution >= 0.6 is 15.9 Å². The predicted octanol–water partition coefficient (Wildman–Crippen LogP) is 3.92. The second-order valence-electron chi connectivity index (χ2n) is 5.69. The molecule has 1 aromatic rings. The Bertz CT molecular complexity index is 542. The number of hydrogen-bond donors (Lipinski definition) is 1. The van der Waals surface area contributed by atoms with Gasteiger partial charge in [0.2, 0.25) is 0 Å². The largest absolute Gasteiger partial charge is 0.313 e. The van der Waals surface area contributed by atoms with Crippen molar-refractivity contribution in [3.8, 4) is 0 Å². The maximum atomic E-state index is 13.0. The summed E-state index contributed by atoms with van der Waals surface area (Å²) in [4.78, 5) is 0.444. The van der Waals surface area contributed by atoms with Gasteiger partial charge in [-0.25, -0.2) is 8.42 Å². The lowest BCUT2D eigenvalue weighted by Gasteiger charge is -2.29. The molecule has 0 amide bonds. The molecule has 1 fully saturated rings. The van der Waals surface area contributed by atoms with E-state index >= 15 is 0 Å². The molecule has 2 unspecified atom stereocenters. The van der Waals surface area contributed by atoms with Gasteiger partial charge in [-0.05, 0) is 43.7 Å². The molecule has 0 spiro atoms. The third-order valence-corrected chi connectivity index (χ3v) is 7.03. The summed E-state index contributed by atoms with van der Waals surface area (Å²) in [6.07, 6.45) is 6.19. The molecule has 1 aliphatic carbocycles. The Morgan fingerprint density at radius 2 is 1.71 bits per heavy atom. The van der Waals surface area contributed by atoms with Gasteiger partial charge in [0.1, 0.15) is 0 Å². The number of rotatable bonds is 4. The summed E-state index contributed by atoms with van der Waals surface area (Å²) in [5.41, 5.74) is 0. The highest BCUT2D eigenvalue weighted by Gasteiger charge is 2.34. The molecule has 118 valence electrons. The van der Waals surface area contributed by atoms with Crippen LogP contribution in [-0.2, 0) is 9.84 Å². The van der Waals surface area contributed by atoms with Gasteiger partial charge in [-0.3, -0.25) is 0 Å². The van der Waals surface area contributed by atoms with Crippen molar-refractivity contribution in [2.45, 2.75) is 61.6 Å². The first kappa shape index (κ1) is 17.0. The fourth-order valence-electron chi connectivity index (χ4n) is 3.12. The maximum absolute atomic E-state index is 13.0. The minimum Gasteiger partial charge on any atom is -0.313 e. The van der Waals surface area contributed by atoms with Gasteiger partial charge in [0, 0.05) is 10.5 Å². The molecule has 1 saturated carbocycles. The Balaban J connectivity index is 2.30. The van der Waals surface area contributed by atoms with Gasteiger partial charge in [-0.15, -0.1) is 0 Å². The number of sulfone groups is 1. The highest BCUT2D eigenvalue weighted by molar-refractivity contribution is 9.10. The standard InChI is InChI=1S/C16H24BrNO2S/c1-2-18-15-7-5-3-4-6-8-16(15)21(19,20)14-11-9-13(17)10-12-14/h9-12,15-16,18H,2-8H2,1H3. The smallest absolute Gasteiger partial charge is 0.182 e. The molecule has 2 atom stereocenters. The van der Waals surface area contributed by atoms with Crippen LogP contribution in [0.3, 0.4) is 0 Å². The molecule has 0 aromatic heterocycles. The molecule has 0 bridgehead atoms. The first-order chi connectivity index (χ1) is 10.1. The molecule has 0 saturated heterocycles. The molecule has 0 radical (unpaired) electrons. The zero-order valence-electron chi connectivity index (χ0n) is 12.5. The fraction of sp³-hybridized carbons (Fsp3) is 0.625. The van der Waals surface area contributed by atoms with Crippen LogP contribution in [-0.4, -0.2) is 26.3 Å². The fourth-order valence-corrected chi connectivity index (χ4v) is 5.39. The van der Waals surface area contributed by atoms with E-state index in [1.165, 1.54) is 6.42 Å². The SMILES string of the molecule is CCNC1CCCCCCC1S(=O)(=O)c1ccc(Br)cc1. The monoisotopic (exact) mass is 373 g/mol. The van der Waals surface area contributed by atoms with Crippen molar-refractivity contribution >= 4 is 25.8 Å². The van der Waals surface area contributed by atoms with E-state index in [4.69, 9.17) is 0 Å². The van der Waals surface area contributed by atoms with Crippen LogP contribution in [0, 0.1) is 0 Å². The quantitative estimate of drug-likeness (QED) is 0.869. The van der Waals surface area contributed by atoms with Gasteiger partial charge in [0.25, 0.3) is 0 Å². The first-order valence-corrected chi connectivity index (χ1v) is 10.1. The minimum absolute atomic E-state index is 0.0731. The van der Waals surface area contributed by atoms with E-state index in [-0.39, 0.29) is 11.3 Å². The molecule has 1 aliphatic rings. The average Bonchev–Trinajstić information content (AvgIpc) is 2.42. The van der Waals surface area contributed by atoms with Gasteiger partial charge >= 0.3 is 0 Å². The average molecular weight is 374 g/mol. The number of hydrogen-bond acceptors (Lipinski definition) is 3. The van der Waals surface area contributed by atoms with Crippen LogP contribution in [0.4, 0.5) is 0 Å². The van der Waals surface area contributed by atoms with Gasteiger partial charge in [0.05, 0.1) is 10.1 Å². The molecule has 1 aromatic carbocycles. The molecule has 3 nitrogen and oxygen atoms in total. The lowest BCUT2D eigenvalue weighted by Crippen LogP contribution is -2.44. The van der Waals surface area contributed by atoms with E-state index in [0.717, 1.165) is 43.1 Å². The third-order valence-electron chi connectivity index (χ3n) is 4.21. The van der Waals surface area contributed by atoms with Crippen LogP contribution in [0.1, 0.15) is 45.4 Å². The Morgan fingerprint density at radius 1 is 1.10 bits per heavy atom. The first-order valence-electron chi connectivity index (χ1n) is 7.78. The maximum Gasteiger partial charge on any atom is 0.182 e. The van der Waals surface area contributed by atoms with Crippen molar-refractivity contribution in [1.82, 2.24) is 5.32 Å². The number of halogens is 1. The molecule has 0 heterocycles. The number of benzene rings is 1. The summed E-state index contributed by atoms with van der Waals surface area (Å²) >= 11 is 3.36. The van der Waals surface area contributed by atoms with Gasteiger partial charge in [0.15, 0.2) is 9.84 Å². The van der Waals surface area contributed by atoms with E-state index in [1.54, 1.807) is 24.3 Å². The van der Waals surface area contributed by atoms with Crippen molar-refractivity contribution in [2.24, 2.45) is 0 Å². The second kappa shape index (κ2) is 7.75. The normalized spacial score (nSPS) is 24.3. The summed E-state index contributed by atoms with van der Waals surface area (Å²) in [6.45, 7) is 2.86. The Hall–Kier alpha value is -0.390. The zero-order chi connectivity index (χ0) is 15.3. The van der Waals surface area contributed by atoms with E-state index in [2.05, 4.69) is 21.2 Å². The predicted molar refractivity (Wildman–Crippen MR) is 90.3 cm³/mol. The molecule has 0 aliphatic heterocycles. The van der Waals surface area contributed by atoms with Gasteiger partial charge in [-0.1, -0.05) is 48.5 Å². The van der Waals surface area contributed by atoms with E-state index in [9.17, 15) is 8.42 Å². The lowest BCUT2D eigenvalue weighted by molar-refractivity contribution is 0.392. The topological polar surface area (TPSA) is 46.2 Å². The molecule has 2 rings (SSSR count). The van der Waals surface area contributed by atoms with Crippen LogP contribution in [0.15, 0.2) is 33.6 Å². The van der Waals surface area contributed by atoms with Gasteiger partial charge < -0.3 is 5.32 Å². The summed E-state index contributed by atoms with van der Waals surface area (Å²) < 4.78 is 26.9. The second-order valence-corrected chi connectivity index (χ2v) is 8.78. The van der Waals surface area contributed by atoms with Crippen LogP contribution in [0.5, 0.6) is 0 Å². The summed E-state index contributed by atoms with van der Waals surface area (Å²) in [7, 11) is -3.27. The zero-order valence-corrected chi connectivity index (χ0v) is 14.9. The van der Waals surface area contributed by atoms with E-state index in [0.29, 0.717) is 4.90 Å². The summed E-state index contributed by atoms with van der Waals surface area (Å²) in [5.74, 6) is 0. The molecular weight excluding hydrogens is 350 g/mol. The van der Waals surface area contributed by atoms with E-state index < -0.39 is 9.84 Å². The molecular formula is C16H24BrNO2S. The van der Waals surface area contributed by atoms with Crippen molar-refractivity contribution in [3.05, 3.63) is 28.7 Å². The highest BCUT2D eigenvalue weighted by atomic mass is 79.9. The molecule has 21 heavy (non-hydrogen) atoms. The van der Waals surface area contributed by atoms with Crippen LogP contribution in [0.2, 0.25) is 0 Å². The van der Waals surface area contributed by atoms with Crippen molar-refractivity contribution in [1.29, 1.82) is 0 Å². The number of nitrogens with one attached hydrogen (secondary N) is 1. The Kier molecular flexibility index (Phi) is 6.26. The highest BCUT2D eigenvalue weighted by Crippen LogP contribution is 2.28. The van der Waals surface area contributed by atoms with Crippen molar-refractivity contribution in [3.63, 3.8) is 0 Å². The van der Waals surface area contributed by atoms with Crippen LogP contribution < -0.4 is 5.32 Å². The summed E-state index contributed by atoms with van der Waals surface area (Å²) in [6, 6.07) is 7.10. The van der Waals surface area contributed by atoms with E-state index in [1.807, 2.05) is 6.92 Å².